The molecule has 0 saturated heterocycles. The van der Waals surface area contributed by atoms with E-state index in [2.05, 4.69) is 5.10 Å². The summed E-state index contributed by atoms with van der Waals surface area (Å²) in [4.78, 5) is 10.2. The average molecular weight is 152 g/mol. The highest BCUT2D eigenvalue weighted by Gasteiger charge is 2.01. The Morgan fingerprint density at radius 3 is 3.00 bits per heavy atom. The number of aliphatic carboxylic acids is 1. The molecule has 1 aliphatic rings. The van der Waals surface area contributed by atoms with E-state index in [4.69, 9.17) is 5.11 Å². The molecule has 1 N–H and O–H groups in total. The molecule has 0 bridgehead atoms. The summed E-state index contributed by atoms with van der Waals surface area (Å²) in [6.45, 7) is -0.103. The van der Waals surface area contributed by atoms with Gasteiger partial charge in [-0.15, -0.1) is 0 Å². The zero-order valence-electron chi connectivity index (χ0n) is 5.84. The quantitative estimate of drug-likeness (QED) is 0.624. The molecule has 0 aliphatic carbocycles. The Morgan fingerprint density at radius 2 is 2.27 bits per heavy atom. The Labute approximate surface area is 64.1 Å². The van der Waals surface area contributed by atoms with Crippen molar-refractivity contribution in [3.63, 3.8) is 0 Å². The first-order valence-corrected chi connectivity index (χ1v) is 3.15. The van der Waals surface area contributed by atoms with E-state index in [-0.39, 0.29) is 6.54 Å². The monoisotopic (exact) mass is 152 g/mol. The second kappa shape index (κ2) is 3.55. The molecule has 11 heavy (non-hydrogen) atoms. The Bertz CT molecular complexity index is 215. The SMILES string of the molecule is O=C(O)CN1C=CC=CC=N1. The maximum absolute atomic E-state index is 10.2. The highest BCUT2D eigenvalue weighted by atomic mass is 16.4. The fourth-order valence-corrected chi connectivity index (χ4v) is 0.658. The molecule has 4 heteroatoms. The summed E-state index contributed by atoms with van der Waals surface area (Å²) in [6, 6.07) is 0. The van der Waals surface area contributed by atoms with Crippen molar-refractivity contribution in [1.29, 1.82) is 0 Å². The number of carboxylic acids is 1. The molecule has 0 spiro atoms. The molecule has 0 saturated carbocycles. The summed E-state index contributed by atoms with van der Waals surface area (Å²) in [7, 11) is 0. The molecule has 4 nitrogen and oxygen atoms in total. The van der Waals surface area contributed by atoms with Crippen LogP contribution in [0.3, 0.4) is 0 Å². The predicted molar refractivity (Wildman–Crippen MR) is 41.1 cm³/mol. The fourth-order valence-electron chi connectivity index (χ4n) is 0.658. The largest absolute Gasteiger partial charge is 0.480 e. The Balaban J connectivity index is 2.53. The molecule has 0 unspecified atom stereocenters. The lowest BCUT2D eigenvalue weighted by atomic mass is 10.5. The number of allylic oxidation sites excluding steroid dienone is 3. The molecular formula is C7H8N2O2. The third kappa shape index (κ3) is 2.66. The third-order valence-electron chi connectivity index (χ3n) is 1.08. The van der Waals surface area contributed by atoms with Crippen molar-refractivity contribution >= 4 is 12.2 Å². The first-order chi connectivity index (χ1) is 5.29. The van der Waals surface area contributed by atoms with E-state index in [1.54, 1.807) is 30.6 Å². The molecule has 0 aromatic carbocycles. The van der Waals surface area contributed by atoms with Crippen molar-refractivity contribution in [1.82, 2.24) is 5.01 Å². The second-order valence-corrected chi connectivity index (χ2v) is 1.98. The van der Waals surface area contributed by atoms with Crippen molar-refractivity contribution in [2.45, 2.75) is 0 Å². The zero-order chi connectivity index (χ0) is 8.10. The number of hydrazone groups is 1. The summed E-state index contributed by atoms with van der Waals surface area (Å²) in [5.41, 5.74) is 0. The standard InChI is InChI=1S/C7H8N2O2/c10-7(11)6-9-5-3-1-2-4-8-9/h1-5H,6H2,(H,10,11). The lowest BCUT2D eigenvalue weighted by Gasteiger charge is -2.08. The van der Waals surface area contributed by atoms with Gasteiger partial charge in [0.15, 0.2) is 0 Å². The van der Waals surface area contributed by atoms with Crippen LogP contribution in [0.15, 0.2) is 29.5 Å². The summed E-state index contributed by atoms with van der Waals surface area (Å²) in [5.74, 6) is -0.895. The van der Waals surface area contributed by atoms with Crippen molar-refractivity contribution in [3.05, 3.63) is 24.4 Å². The first-order valence-electron chi connectivity index (χ1n) is 3.15. The van der Waals surface area contributed by atoms with E-state index < -0.39 is 5.97 Å². The minimum Gasteiger partial charge on any atom is -0.480 e. The fraction of sp³-hybridized carbons (Fsp3) is 0.143. The molecule has 0 radical (unpaired) electrons. The Morgan fingerprint density at radius 1 is 1.45 bits per heavy atom. The Kier molecular flexibility index (Phi) is 2.43. The lowest BCUT2D eigenvalue weighted by Crippen LogP contribution is -2.19. The number of hydrogen-bond acceptors (Lipinski definition) is 3. The molecular weight excluding hydrogens is 144 g/mol. The molecule has 1 aliphatic heterocycles. The molecule has 58 valence electrons. The maximum Gasteiger partial charge on any atom is 0.325 e. The van der Waals surface area contributed by atoms with E-state index in [1.165, 1.54) is 5.01 Å². The average Bonchev–Trinajstić information content (AvgIpc) is 2.14. The van der Waals surface area contributed by atoms with Crippen LogP contribution >= 0.6 is 0 Å². The number of carboxylic acid groups (broad SMARTS) is 1. The van der Waals surface area contributed by atoms with Crippen molar-refractivity contribution in [2.75, 3.05) is 6.54 Å². The van der Waals surface area contributed by atoms with Crippen molar-refractivity contribution in [2.24, 2.45) is 5.10 Å². The van der Waals surface area contributed by atoms with Crippen LogP contribution in [0.25, 0.3) is 0 Å². The topological polar surface area (TPSA) is 52.9 Å². The summed E-state index contributed by atoms with van der Waals surface area (Å²) < 4.78 is 0. The zero-order valence-corrected chi connectivity index (χ0v) is 5.84. The van der Waals surface area contributed by atoms with Gasteiger partial charge in [0.25, 0.3) is 0 Å². The maximum atomic E-state index is 10.2. The number of rotatable bonds is 2. The summed E-state index contributed by atoms with van der Waals surface area (Å²) in [5, 5.41) is 13.6. The van der Waals surface area contributed by atoms with E-state index in [0.29, 0.717) is 0 Å². The van der Waals surface area contributed by atoms with E-state index in [0.717, 1.165) is 0 Å². The normalized spacial score (nSPS) is 15.1. The van der Waals surface area contributed by atoms with E-state index in [1.807, 2.05) is 0 Å². The van der Waals surface area contributed by atoms with Gasteiger partial charge in [-0.25, -0.2) is 0 Å². The van der Waals surface area contributed by atoms with E-state index >= 15 is 0 Å². The lowest BCUT2D eigenvalue weighted by molar-refractivity contribution is -0.137. The van der Waals surface area contributed by atoms with Crippen molar-refractivity contribution in [3.8, 4) is 0 Å². The van der Waals surface area contributed by atoms with Crippen molar-refractivity contribution < 1.29 is 9.90 Å². The van der Waals surface area contributed by atoms with Gasteiger partial charge in [-0.1, -0.05) is 6.08 Å². The second-order valence-electron chi connectivity index (χ2n) is 1.98. The van der Waals surface area contributed by atoms with Crippen LogP contribution in [-0.2, 0) is 4.79 Å². The van der Waals surface area contributed by atoms with Gasteiger partial charge in [-0.3, -0.25) is 9.80 Å². The minimum atomic E-state index is -0.895. The smallest absolute Gasteiger partial charge is 0.325 e. The first kappa shape index (κ1) is 7.53. The van der Waals surface area contributed by atoms with Gasteiger partial charge in [0.05, 0.1) is 0 Å². The van der Waals surface area contributed by atoms with E-state index in [9.17, 15) is 4.79 Å². The van der Waals surface area contributed by atoms with Crippen LogP contribution in [0.4, 0.5) is 0 Å². The predicted octanol–water partition coefficient (Wildman–Crippen LogP) is 0.442. The molecule has 1 heterocycles. The van der Waals surface area contributed by atoms with Gasteiger partial charge in [0.2, 0.25) is 0 Å². The van der Waals surface area contributed by atoms with Crippen LogP contribution in [0, 0.1) is 0 Å². The van der Waals surface area contributed by atoms with Gasteiger partial charge in [0, 0.05) is 12.4 Å². The highest BCUT2D eigenvalue weighted by Crippen LogP contribution is 1.94. The van der Waals surface area contributed by atoms with Crippen LogP contribution in [0.2, 0.25) is 0 Å². The molecule has 0 aromatic rings. The molecule has 0 amide bonds. The third-order valence-corrected chi connectivity index (χ3v) is 1.08. The molecule has 0 aromatic heterocycles. The van der Waals surface area contributed by atoms with Crippen LogP contribution in [0.1, 0.15) is 0 Å². The highest BCUT2D eigenvalue weighted by molar-refractivity contribution is 5.73. The molecule has 0 fully saturated rings. The van der Waals surface area contributed by atoms with Gasteiger partial charge in [-0.05, 0) is 12.2 Å². The summed E-state index contributed by atoms with van der Waals surface area (Å²) >= 11 is 0. The minimum absolute atomic E-state index is 0.103. The molecule has 1 rings (SSSR count). The number of hydrogen-bond donors (Lipinski definition) is 1. The number of nitrogens with zero attached hydrogens (tertiary/aromatic N) is 2. The van der Waals surface area contributed by atoms with Gasteiger partial charge >= 0.3 is 5.97 Å². The number of carbonyl (C=O) groups is 1. The molecule has 0 atom stereocenters. The van der Waals surface area contributed by atoms with Gasteiger partial charge in [0.1, 0.15) is 6.54 Å². The van der Waals surface area contributed by atoms with Crippen LogP contribution in [-0.4, -0.2) is 28.8 Å². The van der Waals surface area contributed by atoms with Crippen LogP contribution < -0.4 is 0 Å². The van der Waals surface area contributed by atoms with Gasteiger partial charge < -0.3 is 5.11 Å². The summed E-state index contributed by atoms with van der Waals surface area (Å²) in [6.07, 6.45) is 8.40. The Hall–Kier alpha value is -1.58. The van der Waals surface area contributed by atoms with Crippen LogP contribution in [0.5, 0.6) is 0 Å². The van der Waals surface area contributed by atoms with Gasteiger partial charge in [-0.2, -0.15) is 5.10 Å².